The number of carbonyl (C=O) groups excluding carboxylic acids is 1. The number of hydrogen-bond acceptors (Lipinski definition) is 4. The highest BCUT2D eigenvalue weighted by Gasteiger charge is 2.27. The lowest BCUT2D eigenvalue weighted by molar-refractivity contribution is -0.136. The van der Waals surface area contributed by atoms with Gasteiger partial charge in [0.1, 0.15) is 0 Å². The fourth-order valence-corrected chi connectivity index (χ4v) is 3.39. The van der Waals surface area contributed by atoms with E-state index in [1.165, 1.54) is 19.2 Å². The van der Waals surface area contributed by atoms with Gasteiger partial charge in [-0.25, -0.2) is 13.2 Å². The molecule has 0 saturated carbocycles. The summed E-state index contributed by atoms with van der Waals surface area (Å²) >= 11 is 0. The molecule has 2 rings (SSSR count). The Kier molecular flexibility index (Phi) is 5.54. The van der Waals surface area contributed by atoms with Crippen LogP contribution in [0.15, 0.2) is 71.6 Å². The number of methoxy groups -OCH3 is 1. The molecule has 1 unspecified atom stereocenters. The van der Waals surface area contributed by atoms with Crippen molar-refractivity contribution in [3.8, 4) is 0 Å². The molecule has 2 aromatic carbocycles. The molecule has 0 amide bonds. The third-order valence-electron chi connectivity index (χ3n) is 3.53. The predicted octanol–water partition coefficient (Wildman–Crippen LogP) is 2.74. The maximum Gasteiger partial charge on any atom is 0.335 e. The summed E-state index contributed by atoms with van der Waals surface area (Å²) in [6.45, 7) is 5.56. The van der Waals surface area contributed by atoms with E-state index in [0.717, 1.165) is 5.56 Å². The van der Waals surface area contributed by atoms with Gasteiger partial charge >= 0.3 is 5.97 Å². The largest absolute Gasteiger partial charge is 0.466 e. The van der Waals surface area contributed by atoms with Crippen LogP contribution in [0.3, 0.4) is 0 Å². The van der Waals surface area contributed by atoms with Gasteiger partial charge in [0.2, 0.25) is 10.0 Å². The molecule has 0 bridgehead atoms. The zero-order valence-electron chi connectivity index (χ0n) is 13.5. The number of hydrogen-bond donors (Lipinski definition) is 1. The lowest BCUT2D eigenvalue weighted by atomic mass is 10.0. The van der Waals surface area contributed by atoms with Crippen molar-refractivity contribution in [2.45, 2.75) is 17.9 Å². The molecule has 0 aliphatic rings. The zero-order chi connectivity index (χ0) is 17.7. The van der Waals surface area contributed by atoms with Crippen LogP contribution < -0.4 is 4.72 Å². The van der Waals surface area contributed by atoms with Crippen LogP contribution in [0.1, 0.15) is 17.2 Å². The van der Waals surface area contributed by atoms with Crippen molar-refractivity contribution >= 4 is 16.0 Å². The fourth-order valence-electron chi connectivity index (χ4n) is 2.18. The molecule has 1 N–H and O–H groups in total. The van der Waals surface area contributed by atoms with Gasteiger partial charge in [-0.1, -0.05) is 54.6 Å². The normalized spacial score (nSPS) is 12.4. The smallest absolute Gasteiger partial charge is 0.335 e. The SMILES string of the molecule is C=C(C(=O)OC)C(NS(=O)(=O)c1ccc(C)cc1)c1ccccc1. The average Bonchev–Trinajstić information content (AvgIpc) is 2.59. The van der Waals surface area contributed by atoms with E-state index in [0.29, 0.717) is 5.56 Å². The lowest BCUT2D eigenvalue weighted by Gasteiger charge is -2.20. The standard InChI is InChI=1S/C18H19NO4S/c1-13-9-11-16(12-10-13)24(21,22)19-17(14(2)18(20)23-3)15-7-5-4-6-8-15/h4-12,17,19H,2H2,1,3H3. The molecule has 6 heteroatoms. The van der Waals surface area contributed by atoms with Gasteiger partial charge in [0.15, 0.2) is 0 Å². The van der Waals surface area contributed by atoms with E-state index in [1.54, 1.807) is 42.5 Å². The van der Waals surface area contributed by atoms with Gasteiger partial charge in [0.05, 0.1) is 23.6 Å². The van der Waals surface area contributed by atoms with E-state index < -0.39 is 22.0 Å². The Bertz CT molecular complexity index is 827. The molecule has 0 radical (unpaired) electrons. The van der Waals surface area contributed by atoms with Crippen molar-refractivity contribution in [2.24, 2.45) is 0 Å². The Morgan fingerprint density at radius 2 is 1.67 bits per heavy atom. The number of esters is 1. The molecule has 126 valence electrons. The van der Waals surface area contributed by atoms with E-state index >= 15 is 0 Å². The molecular formula is C18H19NO4S. The Balaban J connectivity index is 2.39. The van der Waals surface area contributed by atoms with E-state index in [1.807, 2.05) is 6.92 Å². The molecule has 0 aliphatic heterocycles. The van der Waals surface area contributed by atoms with Gasteiger partial charge in [-0.15, -0.1) is 0 Å². The lowest BCUT2D eigenvalue weighted by Crippen LogP contribution is -2.32. The molecule has 0 heterocycles. The fraction of sp³-hybridized carbons (Fsp3) is 0.167. The third kappa shape index (κ3) is 4.10. The number of nitrogens with one attached hydrogen (secondary N) is 1. The minimum atomic E-state index is -3.83. The first-order valence-electron chi connectivity index (χ1n) is 7.26. The van der Waals surface area contributed by atoms with Crippen molar-refractivity contribution < 1.29 is 17.9 Å². The van der Waals surface area contributed by atoms with Crippen LogP contribution in [0.2, 0.25) is 0 Å². The molecule has 1 atom stereocenters. The summed E-state index contributed by atoms with van der Waals surface area (Å²) in [4.78, 5) is 12.0. The van der Waals surface area contributed by atoms with Crippen molar-refractivity contribution in [1.29, 1.82) is 0 Å². The highest BCUT2D eigenvalue weighted by Crippen LogP contribution is 2.24. The summed E-state index contributed by atoms with van der Waals surface area (Å²) in [5.74, 6) is -0.671. The van der Waals surface area contributed by atoms with E-state index in [4.69, 9.17) is 0 Å². The molecular weight excluding hydrogens is 326 g/mol. The van der Waals surface area contributed by atoms with Crippen molar-refractivity contribution in [2.75, 3.05) is 7.11 Å². The first-order valence-corrected chi connectivity index (χ1v) is 8.74. The first-order chi connectivity index (χ1) is 11.3. The number of carbonyl (C=O) groups is 1. The molecule has 0 spiro atoms. The van der Waals surface area contributed by atoms with Gasteiger partial charge < -0.3 is 4.74 Å². The number of benzene rings is 2. The monoisotopic (exact) mass is 345 g/mol. The predicted molar refractivity (Wildman–Crippen MR) is 91.8 cm³/mol. The van der Waals surface area contributed by atoms with Crippen LogP contribution >= 0.6 is 0 Å². The summed E-state index contributed by atoms with van der Waals surface area (Å²) < 4.78 is 32.5. The quantitative estimate of drug-likeness (QED) is 0.645. The molecule has 0 fully saturated rings. The molecule has 0 aromatic heterocycles. The summed E-state index contributed by atoms with van der Waals surface area (Å²) in [7, 11) is -2.60. The Labute approximate surface area is 142 Å². The van der Waals surface area contributed by atoms with Crippen LogP contribution in [-0.2, 0) is 19.6 Å². The third-order valence-corrected chi connectivity index (χ3v) is 4.97. The summed E-state index contributed by atoms with van der Waals surface area (Å²) in [6, 6.07) is 14.3. The van der Waals surface area contributed by atoms with Gasteiger partial charge in [-0.2, -0.15) is 4.72 Å². The Hall–Kier alpha value is -2.44. The Morgan fingerprint density at radius 1 is 1.08 bits per heavy atom. The molecule has 0 saturated heterocycles. The number of rotatable bonds is 6. The zero-order valence-corrected chi connectivity index (χ0v) is 14.3. The molecule has 0 aliphatic carbocycles. The maximum atomic E-state index is 12.6. The van der Waals surface area contributed by atoms with Crippen molar-refractivity contribution in [1.82, 2.24) is 4.72 Å². The molecule has 5 nitrogen and oxygen atoms in total. The highest BCUT2D eigenvalue weighted by atomic mass is 32.2. The minimum Gasteiger partial charge on any atom is -0.466 e. The summed E-state index contributed by atoms with van der Waals surface area (Å²) in [5.41, 5.74) is 1.57. The summed E-state index contributed by atoms with van der Waals surface area (Å²) in [5, 5.41) is 0. The van der Waals surface area contributed by atoms with Crippen LogP contribution in [0.25, 0.3) is 0 Å². The van der Waals surface area contributed by atoms with E-state index in [-0.39, 0.29) is 10.5 Å². The van der Waals surface area contributed by atoms with Crippen LogP contribution in [0.5, 0.6) is 0 Å². The van der Waals surface area contributed by atoms with Crippen LogP contribution in [0, 0.1) is 6.92 Å². The molecule has 2 aromatic rings. The maximum absolute atomic E-state index is 12.6. The van der Waals surface area contributed by atoms with E-state index in [2.05, 4.69) is 16.0 Å². The van der Waals surface area contributed by atoms with Gasteiger partial charge in [-0.05, 0) is 24.6 Å². The van der Waals surface area contributed by atoms with Crippen LogP contribution in [0.4, 0.5) is 0 Å². The first kappa shape index (κ1) is 17.9. The van der Waals surface area contributed by atoms with E-state index in [9.17, 15) is 13.2 Å². The van der Waals surface area contributed by atoms with Crippen molar-refractivity contribution in [3.05, 3.63) is 77.9 Å². The van der Waals surface area contributed by atoms with Crippen molar-refractivity contribution in [3.63, 3.8) is 0 Å². The Morgan fingerprint density at radius 3 is 2.21 bits per heavy atom. The topological polar surface area (TPSA) is 72.5 Å². The number of sulfonamides is 1. The highest BCUT2D eigenvalue weighted by molar-refractivity contribution is 7.89. The second kappa shape index (κ2) is 7.42. The second-order valence-electron chi connectivity index (χ2n) is 5.29. The second-order valence-corrected chi connectivity index (χ2v) is 7.01. The summed E-state index contributed by atoms with van der Waals surface area (Å²) in [6.07, 6.45) is 0. The average molecular weight is 345 g/mol. The van der Waals surface area contributed by atoms with Gasteiger partial charge in [-0.3, -0.25) is 0 Å². The molecule has 24 heavy (non-hydrogen) atoms. The number of ether oxygens (including phenoxy) is 1. The van der Waals surface area contributed by atoms with Crippen LogP contribution in [-0.4, -0.2) is 21.5 Å². The minimum absolute atomic E-state index is 0.0133. The van der Waals surface area contributed by atoms with Gasteiger partial charge in [0.25, 0.3) is 0 Å². The van der Waals surface area contributed by atoms with Gasteiger partial charge in [0, 0.05) is 0 Å². The number of aryl methyl sites for hydroxylation is 1.